The van der Waals surface area contributed by atoms with E-state index in [0.29, 0.717) is 0 Å². The van der Waals surface area contributed by atoms with Crippen LogP contribution < -0.4 is 4.90 Å². The van der Waals surface area contributed by atoms with E-state index in [4.69, 9.17) is 0 Å². The van der Waals surface area contributed by atoms with E-state index in [1.165, 1.54) is 45.2 Å². The van der Waals surface area contributed by atoms with Crippen LogP contribution in [0, 0.1) is 0 Å². The fraction of sp³-hybridized carbons (Fsp3) is 1.00. The Labute approximate surface area is 70.8 Å². The molecule has 1 aliphatic rings. The van der Waals surface area contributed by atoms with Crippen molar-refractivity contribution in [3.63, 3.8) is 0 Å². The van der Waals surface area contributed by atoms with Crippen molar-refractivity contribution in [2.45, 2.75) is 52.0 Å². The molecule has 0 atom stereocenters. The van der Waals surface area contributed by atoms with E-state index >= 15 is 0 Å². The summed E-state index contributed by atoms with van der Waals surface area (Å²) < 4.78 is 0. The molecule has 1 aliphatic carbocycles. The summed E-state index contributed by atoms with van der Waals surface area (Å²) in [7, 11) is 0. The van der Waals surface area contributed by atoms with Crippen LogP contribution in [0.25, 0.3) is 0 Å². The third-order valence-electron chi connectivity index (χ3n) is 2.90. The molecule has 1 saturated carbocycles. The van der Waals surface area contributed by atoms with Gasteiger partial charge in [-0.3, -0.25) is 0 Å². The lowest BCUT2D eigenvalue weighted by molar-refractivity contribution is 0.267. The minimum absolute atomic E-state index is 0.916. The number of hydrogen-bond donors (Lipinski definition) is 0. The van der Waals surface area contributed by atoms with Crippen LogP contribution in [0.4, 0.5) is 0 Å². The lowest BCUT2D eigenvalue weighted by Crippen LogP contribution is -2.41. The quantitative estimate of drug-likeness (QED) is 0.552. The van der Waals surface area contributed by atoms with E-state index in [1.54, 1.807) is 0 Å². The van der Waals surface area contributed by atoms with Crippen molar-refractivity contribution in [2.75, 3.05) is 13.1 Å². The standard InChI is InChI=1S/C10H21N/c1-3-11(4-2)10-8-6-5-7-9-10/h10H,3-9H2,1-2H3/q+1. The van der Waals surface area contributed by atoms with Gasteiger partial charge in [0.05, 0.1) is 0 Å². The summed E-state index contributed by atoms with van der Waals surface area (Å²) in [5.74, 6) is 0. The van der Waals surface area contributed by atoms with Crippen LogP contribution in [-0.2, 0) is 0 Å². The van der Waals surface area contributed by atoms with Gasteiger partial charge in [0.15, 0.2) is 0 Å². The van der Waals surface area contributed by atoms with Crippen LogP contribution in [0.1, 0.15) is 46.0 Å². The van der Waals surface area contributed by atoms with Crippen molar-refractivity contribution in [1.29, 1.82) is 0 Å². The third-order valence-corrected chi connectivity index (χ3v) is 2.90. The van der Waals surface area contributed by atoms with E-state index in [0.717, 1.165) is 6.04 Å². The summed E-state index contributed by atoms with van der Waals surface area (Å²) in [6.07, 6.45) is 7.28. The molecule has 0 aromatic carbocycles. The topological polar surface area (TPSA) is 5.90 Å². The number of rotatable bonds is 3. The van der Waals surface area contributed by atoms with E-state index in [2.05, 4.69) is 18.7 Å². The highest BCUT2D eigenvalue weighted by atomic mass is 15.1. The minimum Gasteiger partial charge on any atom is -0.168 e. The molecule has 0 heterocycles. The van der Waals surface area contributed by atoms with Gasteiger partial charge in [0.25, 0.3) is 0 Å². The molecule has 1 nitrogen and oxygen atoms in total. The largest absolute Gasteiger partial charge is 0.168 e. The average molecular weight is 155 g/mol. The summed E-state index contributed by atoms with van der Waals surface area (Å²) in [6.45, 7) is 7.03. The average Bonchev–Trinajstić information content (AvgIpc) is 2.09. The Morgan fingerprint density at radius 1 is 1.00 bits per heavy atom. The molecule has 0 bridgehead atoms. The van der Waals surface area contributed by atoms with Crippen LogP contribution in [0.2, 0.25) is 0 Å². The maximum Gasteiger partial charge on any atom is 0.132 e. The number of nitrogens with zero attached hydrogens (tertiary/aromatic N) is 1. The van der Waals surface area contributed by atoms with Gasteiger partial charge in [-0.1, -0.05) is 6.42 Å². The van der Waals surface area contributed by atoms with Gasteiger partial charge < -0.3 is 0 Å². The maximum absolute atomic E-state index is 2.61. The van der Waals surface area contributed by atoms with E-state index < -0.39 is 0 Å². The molecule has 0 aromatic heterocycles. The Bertz CT molecular complexity index is 91.0. The molecule has 1 fully saturated rings. The molecule has 0 aliphatic heterocycles. The molecule has 0 unspecified atom stereocenters. The minimum atomic E-state index is 0.916. The third kappa shape index (κ3) is 2.48. The fourth-order valence-corrected chi connectivity index (χ4v) is 2.19. The monoisotopic (exact) mass is 155 g/mol. The second-order valence-corrected chi connectivity index (χ2v) is 3.51. The smallest absolute Gasteiger partial charge is 0.132 e. The Kier molecular flexibility index (Phi) is 3.92. The highest BCUT2D eigenvalue weighted by Crippen LogP contribution is 2.20. The van der Waals surface area contributed by atoms with E-state index in [-0.39, 0.29) is 0 Å². The molecule has 0 aromatic rings. The molecule has 1 radical (unpaired) electrons. The van der Waals surface area contributed by atoms with Crippen LogP contribution in [0.3, 0.4) is 0 Å². The first-order chi connectivity index (χ1) is 5.38. The van der Waals surface area contributed by atoms with Gasteiger partial charge in [0.2, 0.25) is 0 Å². The molecular weight excluding hydrogens is 134 g/mol. The van der Waals surface area contributed by atoms with Gasteiger partial charge in [0.1, 0.15) is 19.1 Å². The van der Waals surface area contributed by atoms with Crippen molar-refractivity contribution < 1.29 is 0 Å². The molecule has 0 saturated heterocycles. The van der Waals surface area contributed by atoms with Gasteiger partial charge in [-0.2, -0.15) is 4.90 Å². The Balaban J connectivity index is 2.30. The Morgan fingerprint density at radius 2 is 1.55 bits per heavy atom. The first-order valence-corrected chi connectivity index (χ1v) is 5.12. The van der Waals surface area contributed by atoms with Gasteiger partial charge in [0, 0.05) is 12.8 Å². The molecule has 0 N–H and O–H groups in total. The summed E-state index contributed by atoms with van der Waals surface area (Å²) >= 11 is 0. The number of hydrogen-bond acceptors (Lipinski definition) is 1. The van der Waals surface area contributed by atoms with Gasteiger partial charge >= 0.3 is 0 Å². The Morgan fingerprint density at radius 3 is 2.00 bits per heavy atom. The lowest BCUT2D eigenvalue weighted by Gasteiger charge is -2.23. The van der Waals surface area contributed by atoms with Gasteiger partial charge in [-0.25, -0.2) is 0 Å². The summed E-state index contributed by atoms with van der Waals surface area (Å²) in [6, 6.07) is 0.916. The van der Waals surface area contributed by atoms with Crippen molar-refractivity contribution in [3.05, 3.63) is 0 Å². The zero-order chi connectivity index (χ0) is 8.10. The molecule has 1 rings (SSSR count). The van der Waals surface area contributed by atoms with E-state index in [1.807, 2.05) is 0 Å². The summed E-state index contributed by atoms with van der Waals surface area (Å²) in [5.41, 5.74) is 0. The first kappa shape index (κ1) is 9.05. The molecular formula is C10H21N+. The van der Waals surface area contributed by atoms with Crippen LogP contribution in [0.5, 0.6) is 0 Å². The predicted molar refractivity (Wildman–Crippen MR) is 50.1 cm³/mol. The zero-order valence-electron chi connectivity index (χ0n) is 7.97. The van der Waals surface area contributed by atoms with Crippen LogP contribution >= 0.6 is 0 Å². The van der Waals surface area contributed by atoms with Crippen LogP contribution in [0.15, 0.2) is 0 Å². The highest BCUT2D eigenvalue weighted by Gasteiger charge is 2.25. The Hall–Kier alpha value is -0.0400. The van der Waals surface area contributed by atoms with Crippen LogP contribution in [-0.4, -0.2) is 19.1 Å². The van der Waals surface area contributed by atoms with Crippen molar-refractivity contribution in [3.8, 4) is 0 Å². The normalized spacial score (nSPS) is 21.0. The first-order valence-electron chi connectivity index (χ1n) is 5.12. The second-order valence-electron chi connectivity index (χ2n) is 3.51. The fourth-order valence-electron chi connectivity index (χ4n) is 2.19. The maximum atomic E-state index is 2.61. The molecule has 1 heteroatoms. The van der Waals surface area contributed by atoms with Crippen molar-refractivity contribution >= 4 is 0 Å². The van der Waals surface area contributed by atoms with Gasteiger partial charge in [-0.15, -0.1) is 0 Å². The summed E-state index contributed by atoms with van der Waals surface area (Å²) in [5, 5.41) is 0. The van der Waals surface area contributed by atoms with Gasteiger partial charge in [-0.05, 0) is 26.7 Å². The van der Waals surface area contributed by atoms with Crippen molar-refractivity contribution in [2.24, 2.45) is 0 Å². The lowest BCUT2D eigenvalue weighted by atomic mass is 9.94. The zero-order valence-corrected chi connectivity index (χ0v) is 7.97. The second kappa shape index (κ2) is 4.76. The molecule has 0 amide bonds. The van der Waals surface area contributed by atoms with E-state index in [9.17, 15) is 0 Å². The van der Waals surface area contributed by atoms with Crippen molar-refractivity contribution in [1.82, 2.24) is 4.90 Å². The summed E-state index contributed by atoms with van der Waals surface area (Å²) in [4.78, 5) is 2.61. The SMILES string of the molecule is CC[N+](CC)C1CCCCC1. The molecule has 11 heavy (non-hydrogen) atoms. The molecule has 0 spiro atoms. The highest BCUT2D eigenvalue weighted by molar-refractivity contribution is 4.77. The predicted octanol–water partition coefficient (Wildman–Crippen LogP) is 2.50. The molecule has 65 valence electrons.